The standard InChI is InChI=1S/C21H15Cl2F3N4O4/c22-9-6-12(23)16(28-7-9)15(21(24,25)26)17-11-5-8(18(27)32)1-2-10(11)20(34)30(17)13-3-4-14(31)29-19(13)33/h1-2,5-7,13,15,17H,3-4H2,(H2,27,32)(H,29,31,33)/t13?,15-,17?/m0/s1. The van der Waals surface area contributed by atoms with E-state index in [9.17, 15) is 32.3 Å². The highest BCUT2D eigenvalue weighted by molar-refractivity contribution is 6.34. The third-order valence-electron chi connectivity index (χ3n) is 5.76. The number of primary amides is 1. The van der Waals surface area contributed by atoms with Gasteiger partial charge in [-0.3, -0.25) is 29.5 Å². The minimum atomic E-state index is -5.00. The lowest BCUT2D eigenvalue weighted by Crippen LogP contribution is -2.55. The maximum absolute atomic E-state index is 14.6. The molecule has 2 unspecified atom stereocenters. The quantitative estimate of drug-likeness (QED) is 0.606. The van der Waals surface area contributed by atoms with Gasteiger partial charge in [0.05, 0.1) is 21.8 Å². The van der Waals surface area contributed by atoms with Crippen LogP contribution in [0.3, 0.4) is 0 Å². The van der Waals surface area contributed by atoms with Crippen molar-refractivity contribution >= 4 is 46.8 Å². The number of amides is 4. The first kappa shape index (κ1) is 24.0. The maximum Gasteiger partial charge on any atom is 0.399 e. The number of fused-ring (bicyclic) bond motifs is 1. The second-order valence-corrected chi connectivity index (χ2v) is 8.67. The van der Waals surface area contributed by atoms with Crippen LogP contribution in [-0.4, -0.2) is 45.7 Å². The summed E-state index contributed by atoms with van der Waals surface area (Å²) in [5.41, 5.74) is 4.26. The van der Waals surface area contributed by atoms with Gasteiger partial charge in [-0.1, -0.05) is 23.2 Å². The number of pyridine rings is 1. The molecule has 3 heterocycles. The third-order valence-corrected chi connectivity index (χ3v) is 6.27. The van der Waals surface area contributed by atoms with Crippen LogP contribution < -0.4 is 11.1 Å². The van der Waals surface area contributed by atoms with Gasteiger partial charge >= 0.3 is 6.18 Å². The summed E-state index contributed by atoms with van der Waals surface area (Å²) in [4.78, 5) is 53.8. The summed E-state index contributed by atoms with van der Waals surface area (Å²) in [6, 6.07) is 1.36. The fourth-order valence-electron chi connectivity index (χ4n) is 4.33. The fourth-order valence-corrected chi connectivity index (χ4v) is 4.83. The largest absolute Gasteiger partial charge is 0.399 e. The smallest absolute Gasteiger partial charge is 0.366 e. The Bertz CT molecular complexity index is 1240. The van der Waals surface area contributed by atoms with Crippen LogP contribution in [0.2, 0.25) is 10.0 Å². The molecule has 2 aliphatic heterocycles. The zero-order valence-electron chi connectivity index (χ0n) is 17.0. The maximum atomic E-state index is 14.6. The van der Waals surface area contributed by atoms with Gasteiger partial charge in [-0.25, -0.2) is 0 Å². The third kappa shape index (κ3) is 4.09. The summed E-state index contributed by atoms with van der Waals surface area (Å²) >= 11 is 11.9. The molecule has 1 aromatic carbocycles. The van der Waals surface area contributed by atoms with Gasteiger partial charge < -0.3 is 10.6 Å². The molecule has 1 aromatic heterocycles. The average Bonchev–Trinajstić information content (AvgIpc) is 3.00. The SMILES string of the molecule is NC(=O)c1ccc2c(c1)C([C@H](c1ncc(Cl)cc1Cl)C(F)(F)F)N(C1CCC(=O)NC1=O)C2=O. The monoisotopic (exact) mass is 514 g/mol. The van der Waals surface area contributed by atoms with Gasteiger partial charge in [-0.05, 0) is 36.2 Å². The molecule has 0 aliphatic carbocycles. The highest BCUT2D eigenvalue weighted by atomic mass is 35.5. The number of hydrogen-bond donors (Lipinski definition) is 2. The number of alkyl halides is 3. The number of benzene rings is 1. The number of piperidine rings is 1. The zero-order chi connectivity index (χ0) is 24.9. The molecule has 2 aliphatic rings. The van der Waals surface area contributed by atoms with Crippen molar-refractivity contribution < 1.29 is 32.3 Å². The molecule has 0 radical (unpaired) electrons. The first-order valence-electron chi connectivity index (χ1n) is 9.88. The summed E-state index contributed by atoms with van der Waals surface area (Å²) in [6.45, 7) is 0. The highest BCUT2D eigenvalue weighted by Gasteiger charge is 2.57. The van der Waals surface area contributed by atoms with Crippen molar-refractivity contribution in [1.29, 1.82) is 0 Å². The molecule has 3 N–H and O–H groups in total. The van der Waals surface area contributed by atoms with Crippen LogP contribution in [0.5, 0.6) is 0 Å². The van der Waals surface area contributed by atoms with Gasteiger partial charge in [0.25, 0.3) is 5.91 Å². The van der Waals surface area contributed by atoms with Gasteiger partial charge in [-0.2, -0.15) is 13.2 Å². The summed E-state index contributed by atoms with van der Waals surface area (Å²) in [7, 11) is 0. The minimum Gasteiger partial charge on any atom is -0.366 e. The molecule has 3 atom stereocenters. The minimum absolute atomic E-state index is 0.00406. The van der Waals surface area contributed by atoms with E-state index in [0.29, 0.717) is 0 Å². The van der Waals surface area contributed by atoms with Gasteiger partial charge in [0.15, 0.2) is 0 Å². The average molecular weight is 515 g/mol. The molecule has 178 valence electrons. The van der Waals surface area contributed by atoms with Crippen LogP contribution >= 0.6 is 23.2 Å². The number of nitrogens with two attached hydrogens (primary N) is 1. The number of imide groups is 1. The van der Waals surface area contributed by atoms with Crippen molar-refractivity contribution in [2.75, 3.05) is 0 Å². The molecule has 34 heavy (non-hydrogen) atoms. The van der Waals surface area contributed by atoms with Crippen LogP contribution in [0, 0.1) is 0 Å². The molecule has 1 saturated heterocycles. The Morgan fingerprint density at radius 1 is 1.21 bits per heavy atom. The first-order chi connectivity index (χ1) is 15.9. The number of nitrogens with zero attached hydrogens (tertiary/aromatic N) is 2. The lowest BCUT2D eigenvalue weighted by atomic mass is 9.87. The number of aromatic nitrogens is 1. The van der Waals surface area contributed by atoms with E-state index in [4.69, 9.17) is 28.9 Å². The highest BCUT2D eigenvalue weighted by Crippen LogP contribution is 2.52. The Labute approximate surface area is 200 Å². The number of carbonyl (C=O) groups excluding carboxylic acids is 4. The lowest BCUT2D eigenvalue weighted by molar-refractivity contribution is -0.167. The molecule has 1 fully saturated rings. The first-order valence-corrected chi connectivity index (χ1v) is 10.6. The molecule has 0 bridgehead atoms. The van der Waals surface area contributed by atoms with Gasteiger partial charge in [0.2, 0.25) is 17.7 Å². The summed E-state index contributed by atoms with van der Waals surface area (Å²) in [5, 5.41) is 1.65. The van der Waals surface area contributed by atoms with Gasteiger partial charge in [0.1, 0.15) is 12.0 Å². The predicted octanol–water partition coefficient (Wildman–Crippen LogP) is 3.14. The lowest BCUT2D eigenvalue weighted by Gasteiger charge is -2.38. The van der Waals surface area contributed by atoms with Crippen molar-refractivity contribution in [3.05, 3.63) is 62.9 Å². The molecule has 4 rings (SSSR count). The Morgan fingerprint density at radius 3 is 2.50 bits per heavy atom. The predicted molar refractivity (Wildman–Crippen MR) is 113 cm³/mol. The van der Waals surface area contributed by atoms with E-state index in [2.05, 4.69) is 10.3 Å². The summed E-state index contributed by atoms with van der Waals surface area (Å²) < 4.78 is 43.8. The Kier molecular flexibility index (Phi) is 6.03. The number of carbonyl (C=O) groups is 4. The number of hydrogen-bond acceptors (Lipinski definition) is 5. The van der Waals surface area contributed by atoms with E-state index >= 15 is 0 Å². The molecule has 8 nitrogen and oxygen atoms in total. The van der Waals surface area contributed by atoms with E-state index in [1.807, 2.05) is 0 Å². The van der Waals surface area contributed by atoms with Crippen molar-refractivity contribution in [1.82, 2.24) is 15.2 Å². The topological polar surface area (TPSA) is 122 Å². The molecule has 0 saturated carbocycles. The molecule has 4 amide bonds. The van der Waals surface area contributed by atoms with Crippen molar-refractivity contribution in [3.63, 3.8) is 0 Å². The van der Waals surface area contributed by atoms with Crippen LogP contribution in [0.1, 0.15) is 56.8 Å². The van der Waals surface area contributed by atoms with E-state index < -0.39 is 58.5 Å². The van der Waals surface area contributed by atoms with E-state index in [-0.39, 0.29) is 34.6 Å². The molecular weight excluding hydrogens is 500 g/mol. The van der Waals surface area contributed by atoms with E-state index in [1.54, 1.807) is 0 Å². The van der Waals surface area contributed by atoms with E-state index in [1.165, 1.54) is 12.1 Å². The number of rotatable bonds is 4. The Hall–Kier alpha value is -3.18. The van der Waals surface area contributed by atoms with Crippen LogP contribution in [0.25, 0.3) is 0 Å². The van der Waals surface area contributed by atoms with Crippen LogP contribution in [0.4, 0.5) is 13.2 Å². The second-order valence-electron chi connectivity index (χ2n) is 7.83. The van der Waals surface area contributed by atoms with Crippen molar-refractivity contribution in [3.8, 4) is 0 Å². The van der Waals surface area contributed by atoms with Crippen molar-refractivity contribution in [2.24, 2.45) is 5.73 Å². The number of halogens is 5. The second kappa shape index (κ2) is 8.55. The normalized spacial score (nSPS) is 21.3. The molecule has 0 spiro atoms. The van der Waals surface area contributed by atoms with Crippen LogP contribution in [0.15, 0.2) is 30.5 Å². The summed E-state index contributed by atoms with van der Waals surface area (Å²) in [5.74, 6) is -5.79. The fraction of sp³-hybridized carbons (Fsp3) is 0.286. The molecular formula is C21H15Cl2F3N4O4. The van der Waals surface area contributed by atoms with Gasteiger partial charge in [-0.15, -0.1) is 0 Å². The Balaban J connectivity index is 1.96. The summed E-state index contributed by atoms with van der Waals surface area (Å²) in [6.07, 6.45) is -4.38. The van der Waals surface area contributed by atoms with Crippen molar-refractivity contribution in [2.45, 2.75) is 37.0 Å². The molecule has 2 aromatic rings. The van der Waals surface area contributed by atoms with E-state index in [0.717, 1.165) is 23.2 Å². The zero-order valence-corrected chi connectivity index (χ0v) is 18.5. The van der Waals surface area contributed by atoms with Crippen LogP contribution in [-0.2, 0) is 9.59 Å². The molecule has 13 heteroatoms. The van der Waals surface area contributed by atoms with Gasteiger partial charge in [0, 0.05) is 23.7 Å². The number of nitrogens with one attached hydrogen (secondary N) is 1. The Morgan fingerprint density at radius 2 is 1.91 bits per heavy atom.